The average molecular weight is 222 g/mol. The van der Waals surface area contributed by atoms with Gasteiger partial charge in [0.2, 0.25) is 0 Å². The minimum absolute atomic E-state index is 0.208. The van der Waals surface area contributed by atoms with Gasteiger partial charge in [0, 0.05) is 10.5 Å². The van der Waals surface area contributed by atoms with Crippen molar-refractivity contribution < 1.29 is 9.47 Å². The van der Waals surface area contributed by atoms with E-state index >= 15 is 0 Å². The summed E-state index contributed by atoms with van der Waals surface area (Å²) in [7, 11) is 0. The van der Waals surface area contributed by atoms with Crippen LogP contribution in [-0.2, 0) is 0 Å². The quantitative estimate of drug-likeness (QED) is 0.672. The fourth-order valence-electron chi connectivity index (χ4n) is 2.29. The van der Waals surface area contributed by atoms with Crippen LogP contribution in [0.2, 0.25) is 0 Å². The van der Waals surface area contributed by atoms with Crippen LogP contribution < -0.4 is 9.47 Å². The first-order valence-corrected chi connectivity index (χ1v) is 6.28. The van der Waals surface area contributed by atoms with Gasteiger partial charge in [-0.2, -0.15) is 0 Å². The lowest BCUT2D eigenvalue weighted by Crippen LogP contribution is -2.43. The molecule has 2 aliphatic rings. The minimum Gasteiger partial charge on any atom is -0.481 e. The molecule has 0 amide bonds. The van der Waals surface area contributed by atoms with Crippen molar-refractivity contribution in [3.8, 4) is 11.5 Å². The minimum atomic E-state index is 0.208. The van der Waals surface area contributed by atoms with Gasteiger partial charge >= 0.3 is 0 Å². The molecule has 0 N–H and O–H groups in total. The second-order valence-electron chi connectivity index (χ2n) is 4.16. The molecular weight excluding hydrogens is 208 g/mol. The van der Waals surface area contributed by atoms with Crippen LogP contribution in [0.5, 0.6) is 11.5 Å². The summed E-state index contributed by atoms with van der Waals surface area (Å²) in [5.41, 5.74) is 0. The molecule has 0 spiro atoms. The van der Waals surface area contributed by atoms with Gasteiger partial charge in [-0.05, 0) is 26.0 Å². The van der Waals surface area contributed by atoms with Crippen LogP contribution in [0, 0.1) is 0 Å². The number of hydrogen-bond donors (Lipinski definition) is 0. The molecule has 0 saturated carbocycles. The van der Waals surface area contributed by atoms with Crippen LogP contribution >= 0.6 is 11.8 Å². The zero-order valence-corrected chi connectivity index (χ0v) is 9.66. The van der Waals surface area contributed by atoms with Gasteiger partial charge < -0.3 is 9.47 Å². The third kappa shape index (κ3) is 1.41. The summed E-state index contributed by atoms with van der Waals surface area (Å²) in [5.74, 6) is 1.78. The van der Waals surface area contributed by atoms with E-state index in [1.165, 1.54) is 0 Å². The topological polar surface area (TPSA) is 18.5 Å². The molecule has 1 aromatic rings. The lowest BCUT2D eigenvalue weighted by atomic mass is 10.1. The highest BCUT2D eigenvalue weighted by molar-refractivity contribution is 8.00. The Bertz CT molecular complexity index is 345. The maximum Gasteiger partial charge on any atom is 0.161 e. The fraction of sp³-hybridized carbons (Fsp3) is 0.500. The van der Waals surface area contributed by atoms with Gasteiger partial charge in [0.15, 0.2) is 11.5 Å². The number of rotatable bonds is 0. The third-order valence-corrected chi connectivity index (χ3v) is 4.45. The van der Waals surface area contributed by atoms with Crippen LogP contribution in [-0.4, -0.2) is 22.7 Å². The largest absolute Gasteiger partial charge is 0.481 e. The van der Waals surface area contributed by atoms with Gasteiger partial charge in [0.05, 0.1) is 0 Å². The normalized spacial score (nSPS) is 37.5. The summed E-state index contributed by atoms with van der Waals surface area (Å²) >= 11 is 1.95. The van der Waals surface area contributed by atoms with Gasteiger partial charge in [0.25, 0.3) is 0 Å². The Morgan fingerprint density at radius 2 is 1.40 bits per heavy atom. The van der Waals surface area contributed by atoms with Crippen LogP contribution in [0.4, 0.5) is 0 Å². The molecular formula is C12H14O2S. The van der Waals surface area contributed by atoms with E-state index in [0.29, 0.717) is 10.5 Å². The number of fused-ring (bicyclic) bond motifs is 2. The molecule has 0 bridgehead atoms. The van der Waals surface area contributed by atoms with E-state index in [0.717, 1.165) is 11.5 Å². The second kappa shape index (κ2) is 3.34. The highest BCUT2D eigenvalue weighted by Gasteiger charge is 2.45. The first-order chi connectivity index (χ1) is 7.25. The number of hydrogen-bond acceptors (Lipinski definition) is 3. The Hall–Kier alpha value is -0.830. The number of thioether (sulfide) groups is 1. The van der Waals surface area contributed by atoms with Crippen molar-refractivity contribution in [1.82, 2.24) is 0 Å². The zero-order valence-electron chi connectivity index (χ0n) is 8.84. The van der Waals surface area contributed by atoms with Crippen LogP contribution in [0.3, 0.4) is 0 Å². The lowest BCUT2D eigenvalue weighted by Gasteiger charge is -2.31. The molecule has 2 nitrogen and oxygen atoms in total. The second-order valence-corrected chi connectivity index (χ2v) is 5.92. The van der Waals surface area contributed by atoms with E-state index in [4.69, 9.17) is 9.47 Å². The zero-order chi connectivity index (χ0) is 10.4. The monoisotopic (exact) mass is 222 g/mol. The summed E-state index contributed by atoms with van der Waals surface area (Å²) in [6.07, 6.45) is 0.416. The summed E-state index contributed by atoms with van der Waals surface area (Å²) in [4.78, 5) is 0. The van der Waals surface area contributed by atoms with Crippen molar-refractivity contribution in [2.75, 3.05) is 0 Å². The van der Waals surface area contributed by atoms with Gasteiger partial charge in [-0.1, -0.05) is 12.1 Å². The van der Waals surface area contributed by atoms with Crippen molar-refractivity contribution in [2.24, 2.45) is 0 Å². The van der Waals surface area contributed by atoms with E-state index < -0.39 is 0 Å². The summed E-state index contributed by atoms with van der Waals surface area (Å²) in [6, 6.07) is 7.93. The molecule has 0 aromatic heterocycles. The molecule has 3 rings (SSSR count). The summed E-state index contributed by atoms with van der Waals surface area (Å²) < 4.78 is 12.0. The van der Waals surface area contributed by atoms with E-state index in [1.54, 1.807) is 0 Å². The third-order valence-electron chi connectivity index (χ3n) is 3.05. The molecule has 1 saturated heterocycles. The highest BCUT2D eigenvalue weighted by Crippen LogP contribution is 2.44. The van der Waals surface area contributed by atoms with E-state index in [9.17, 15) is 0 Å². The molecule has 3 heteroatoms. The Labute approximate surface area is 94.0 Å². The van der Waals surface area contributed by atoms with Crippen molar-refractivity contribution in [3.05, 3.63) is 24.3 Å². The highest BCUT2D eigenvalue weighted by atomic mass is 32.2. The first kappa shape index (κ1) is 9.40. The molecule has 4 unspecified atom stereocenters. The van der Waals surface area contributed by atoms with Gasteiger partial charge in [0.1, 0.15) is 12.2 Å². The Balaban J connectivity index is 1.96. The molecule has 15 heavy (non-hydrogen) atoms. The van der Waals surface area contributed by atoms with Crippen LogP contribution in [0.1, 0.15) is 13.8 Å². The van der Waals surface area contributed by atoms with Gasteiger partial charge in [-0.25, -0.2) is 0 Å². The first-order valence-electron chi connectivity index (χ1n) is 5.33. The van der Waals surface area contributed by atoms with Crippen LogP contribution in [0.15, 0.2) is 24.3 Å². The lowest BCUT2D eigenvalue weighted by molar-refractivity contribution is 0.0327. The maximum absolute atomic E-state index is 5.99. The number of benzene rings is 1. The molecule has 2 heterocycles. The molecule has 0 aliphatic carbocycles. The molecule has 1 aromatic carbocycles. The van der Waals surface area contributed by atoms with E-state index in [-0.39, 0.29) is 12.2 Å². The maximum atomic E-state index is 5.99. The summed E-state index contributed by atoms with van der Waals surface area (Å²) in [6.45, 7) is 4.42. The fourth-order valence-corrected chi connectivity index (χ4v) is 3.70. The Morgan fingerprint density at radius 3 is 1.87 bits per heavy atom. The Morgan fingerprint density at radius 1 is 0.933 bits per heavy atom. The van der Waals surface area contributed by atoms with Crippen molar-refractivity contribution >= 4 is 11.8 Å². The Kier molecular flexibility index (Phi) is 2.09. The molecule has 0 radical (unpaired) electrons. The molecule has 1 fully saturated rings. The SMILES string of the molecule is CC1SC(C)C2Oc3ccccc3OC12. The van der Waals surface area contributed by atoms with Crippen LogP contribution in [0.25, 0.3) is 0 Å². The van der Waals surface area contributed by atoms with Crippen molar-refractivity contribution in [3.63, 3.8) is 0 Å². The smallest absolute Gasteiger partial charge is 0.161 e. The van der Waals surface area contributed by atoms with Gasteiger partial charge in [-0.15, -0.1) is 11.8 Å². The van der Waals surface area contributed by atoms with Crippen molar-refractivity contribution in [2.45, 2.75) is 36.6 Å². The predicted molar refractivity (Wildman–Crippen MR) is 61.8 cm³/mol. The van der Waals surface area contributed by atoms with E-state index in [2.05, 4.69) is 13.8 Å². The van der Waals surface area contributed by atoms with E-state index in [1.807, 2.05) is 36.0 Å². The summed E-state index contributed by atoms with van der Waals surface area (Å²) in [5, 5.41) is 1.02. The molecule has 80 valence electrons. The standard InChI is InChI=1S/C12H14O2S/c1-7-11-12(8(2)15-7)14-10-6-4-3-5-9(10)13-11/h3-8,11-12H,1-2H3. The molecule has 4 atom stereocenters. The number of para-hydroxylation sites is 2. The number of ether oxygens (including phenoxy) is 2. The van der Waals surface area contributed by atoms with Crippen molar-refractivity contribution in [1.29, 1.82) is 0 Å². The van der Waals surface area contributed by atoms with Gasteiger partial charge in [-0.3, -0.25) is 0 Å². The predicted octanol–water partition coefficient (Wildman–Crippen LogP) is 2.72. The average Bonchev–Trinajstić information content (AvgIpc) is 2.52. The molecule has 2 aliphatic heterocycles.